The van der Waals surface area contributed by atoms with E-state index in [9.17, 15) is 14.4 Å². The van der Waals surface area contributed by atoms with Crippen LogP contribution in [-0.2, 0) is 9.59 Å². The number of amides is 3. The predicted molar refractivity (Wildman–Crippen MR) is 103 cm³/mol. The molecular weight excluding hydrogens is 400 g/mol. The number of nitrogens with zero attached hydrogens (tertiary/aromatic N) is 2. The van der Waals surface area contributed by atoms with Gasteiger partial charge in [-0.25, -0.2) is 0 Å². The molecule has 1 heterocycles. The number of halogens is 1. The Labute approximate surface area is 162 Å². The Morgan fingerprint density at radius 1 is 1.08 bits per heavy atom. The van der Waals surface area contributed by atoms with Crippen molar-refractivity contribution in [3.05, 3.63) is 34.3 Å². The molecule has 1 aliphatic rings. The van der Waals surface area contributed by atoms with Gasteiger partial charge in [0.1, 0.15) is 0 Å². The Balaban J connectivity index is 1.72. The first-order chi connectivity index (χ1) is 12.4. The van der Waals surface area contributed by atoms with Gasteiger partial charge in [0.25, 0.3) is 5.91 Å². The smallest absolute Gasteiger partial charge is 0.309 e. The van der Waals surface area contributed by atoms with Crippen molar-refractivity contribution in [2.45, 2.75) is 19.9 Å². The van der Waals surface area contributed by atoms with Gasteiger partial charge in [0.05, 0.1) is 5.56 Å². The largest absolute Gasteiger partial charge is 0.347 e. The van der Waals surface area contributed by atoms with Gasteiger partial charge in [-0.15, -0.1) is 0 Å². The van der Waals surface area contributed by atoms with Gasteiger partial charge >= 0.3 is 11.8 Å². The molecule has 7 nitrogen and oxygen atoms in total. The SMILES string of the molecule is CC(C)NC(=O)C(=O)NCCN1CCN(C(=O)c2ccccc2Br)CC1. The molecular formula is C18H25BrN4O3. The molecule has 8 heteroatoms. The summed E-state index contributed by atoms with van der Waals surface area (Å²) in [5.74, 6) is -1.19. The van der Waals surface area contributed by atoms with Crippen molar-refractivity contribution < 1.29 is 14.4 Å². The maximum Gasteiger partial charge on any atom is 0.309 e. The zero-order valence-corrected chi connectivity index (χ0v) is 16.7. The van der Waals surface area contributed by atoms with Gasteiger partial charge in [-0.1, -0.05) is 12.1 Å². The van der Waals surface area contributed by atoms with Gasteiger partial charge in [-0.05, 0) is 41.9 Å². The number of piperazine rings is 1. The van der Waals surface area contributed by atoms with Crippen molar-refractivity contribution in [2.75, 3.05) is 39.3 Å². The van der Waals surface area contributed by atoms with E-state index in [-0.39, 0.29) is 11.9 Å². The average Bonchev–Trinajstić information content (AvgIpc) is 2.61. The van der Waals surface area contributed by atoms with E-state index in [0.29, 0.717) is 31.7 Å². The van der Waals surface area contributed by atoms with Crippen LogP contribution in [0.5, 0.6) is 0 Å². The molecule has 2 N–H and O–H groups in total. The number of rotatable bonds is 5. The third kappa shape index (κ3) is 5.81. The van der Waals surface area contributed by atoms with Gasteiger partial charge in [0.2, 0.25) is 0 Å². The molecule has 0 aromatic heterocycles. The number of carbonyl (C=O) groups excluding carboxylic acids is 3. The van der Waals surface area contributed by atoms with Crippen LogP contribution < -0.4 is 10.6 Å². The van der Waals surface area contributed by atoms with E-state index in [1.807, 2.05) is 29.2 Å². The zero-order chi connectivity index (χ0) is 19.1. The van der Waals surface area contributed by atoms with E-state index in [0.717, 1.165) is 17.6 Å². The lowest BCUT2D eigenvalue weighted by Gasteiger charge is -2.34. The van der Waals surface area contributed by atoms with Crippen LogP contribution in [0.25, 0.3) is 0 Å². The molecule has 0 aliphatic carbocycles. The molecule has 0 radical (unpaired) electrons. The van der Waals surface area contributed by atoms with Crippen molar-refractivity contribution in [1.29, 1.82) is 0 Å². The highest BCUT2D eigenvalue weighted by molar-refractivity contribution is 9.10. The average molecular weight is 425 g/mol. The van der Waals surface area contributed by atoms with Crippen LogP contribution in [0.2, 0.25) is 0 Å². The lowest BCUT2D eigenvalue weighted by Crippen LogP contribution is -2.51. The van der Waals surface area contributed by atoms with E-state index in [1.165, 1.54) is 0 Å². The van der Waals surface area contributed by atoms with Gasteiger partial charge in [0, 0.05) is 49.8 Å². The summed E-state index contributed by atoms with van der Waals surface area (Å²) in [4.78, 5) is 39.8. The molecule has 0 atom stereocenters. The second-order valence-electron chi connectivity index (χ2n) is 6.50. The van der Waals surface area contributed by atoms with E-state index in [4.69, 9.17) is 0 Å². The molecule has 0 bridgehead atoms. The van der Waals surface area contributed by atoms with Crippen LogP contribution in [0.4, 0.5) is 0 Å². The van der Waals surface area contributed by atoms with Crippen molar-refractivity contribution in [2.24, 2.45) is 0 Å². The summed E-state index contributed by atoms with van der Waals surface area (Å²) in [6, 6.07) is 7.35. The van der Waals surface area contributed by atoms with Crippen molar-refractivity contribution in [1.82, 2.24) is 20.4 Å². The summed E-state index contributed by atoms with van der Waals surface area (Å²) >= 11 is 3.42. The van der Waals surface area contributed by atoms with E-state index >= 15 is 0 Å². The molecule has 1 saturated heterocycles. The number of benzene rings is 1. The van der Waals surface area contributed by atoms with Gasteiger partial charge < -0.3 is 15.5 Å². The maximum atomic E-state index is 12.6. The van der Waals surface area contributed by atoms with Crippen molar-refractivity contribution in [3.63, 3.8) is 0 Å². The molecule has 1 fully saturated rings. The molecule has 1 aliphatic heterocycles. The van der Waals surface area contributed by atoms with Crippen LogP contribution >= 0.6 is 15.9 Å². The Bertz CT molecular complexity index is 658. The standard InChI is InChI=1S/C18H25BrN4O3/c1-13(2)21-17(25)16(24)20-7-8-22-9-11-23(12-10-22)18(26)14-5-3-4-6-15(14)19/h3-6,13H,7-12H2,1-2H3,(H,20,24)(H,21,25). The molecule has 1 aromatic carbocycles. The minimum absolute atomic E-state index is 0.0239. The highest BCUT2D eigenvalue weighted by Crippen LogP contribution is 2.18. The molecule has 0 spiro atoms. The Hall–Kier alpha value is -1.93. The molecule has 0 saturated carbocycles. The second kappa shape index (κ2) is 9.68. The number of carbonyl (C=O) groups is 3. The summed E-state index contributed by atoms with van der Waals surface area (Å²) in [5.41, 5.74) is 0.671. The molecule has 26 heavy (non-hydrogen) atoms. The number of hydrogen-bond donors (Lipinski definition) is 2. The third-order valence-corrected chi connectivity index (χ3v) is 4.79. The normalized spacial score (nSPS) is 15.0. The lowest BCUT2D eigenvalue weighted by atomic mass is 10.2. The lowest BCUT2D eigenvalue weighted by molar-refractivity contribution is -0.139. The highest BCUT2D eigenvalue weighted by atomic mass is 79.9. The zero-order valence-electron chi connectivity index (χ0n) is 15.1. The summed E-state index contributed by atoms with van der Waals surface area (Å²) < 4.78 is 0.801. The third-order valence-electron chi connectivity index (χ3n) is 4.10. The molecule has 1 aromatic rings. The van der Waals surface area contributed by atoms with Crippen molar-refractivity contribution >= 4 is 33.7 Å². The first-order valence-corrected chi connectivity index (χ1v) is 9.52. The number of hydrogen-bond acceptors (Lipinski definition) is 4. The molecule has 0 unspecified atom stereocenters. The maximum absolute atomic E-state index is 12.6. The Kier molecular flexibility index (Phi) is 7.59. The summed E-state index contributed by atoms with van der Waals surface area (Å²) in [6.07, 6.45) is 0. The minimum Gasteiger partial charge on any atom is -0.347 e. The van der Waals surface area contributed by atoms with E-state index in [2.05, 4.69) is 31.5 Å². The van der Waals surface area contributed by atoms with Crippen LogP contribution in [0.15, 0.2) is 28.7 Å². The fourth-order valence-corrected chi connectivity index (χ4v) is 3.17. The summed E-state index contributed by atoms with van der Waals surface area (Å²) in [6.45, 7) is 7.43. The quantitative estimate of drug-likeness (QED) is 0.686. The van der Waals surface area contributed by atoms with E-state index < -0.39 is 11.8 Å². The van der Waals surface area contributed by atoms with Gasteiger partial charge in [-0.3, -0.25) is 19.3 Å². The summed E-state index contributed by atoms with van der Waals surface area (Å²) in [5, 5.41) is 5.18. The monoisotopic (exact) mass is 424 g/mol. The van der Waals surface area contributed by atoms with E-state index in [1.54, 1.807) is 13.8 Å². The number of nitrogens with one attached hydrogen (secondary N) is 2. The van der Waals surface area contributed by atoms with Crippen LogP contribution in [0.3, 0.4) is 0 Å². The van der Waals surface area contributed by atoms with Gasteiger partial charge in [0.15, 0.2) is 0 Å². The first-order valence-electron chi connectivity index (χ1n) is 8.73. The predicted octanol–water partition coefficient (Wildman–Crippen LogP) is 0.848. The van der Waals surface area contributed by atoms with Crippen LogP contribution in [0.1, 0.15) is 24.2 Å². The van der Waals surface area contributed by atoms with Gasteiger partial charge in [-0.2, -0.15) is 0 Å². The Morgan fingerprint density at radius 3 is 2.35 bits per heavy atom. The van der Waals surface area contributed by atoms with Crippen LogP contribution in [0, 0.1) is 0 Å². The molecule has 2 rings (SSSR count). The Morgan fingerprint density at radius 2 is 1.73 bits per heavy atom. The molecule has 142 valence electrons. The minimum atomic E-state index is -0.610. The summed E-state index contributed by atoms with van der Waals surface area (Å²) in [7, 11) is 0. The van der Waals surface area contributed by atoms with Crippen molar-refractivity contribution in [3.8, 4) is 0 Å². The second-order valence-corrected chi connectivity index (χ2v) is 7.35. The highest BCUT2D eigenvalue weighted by Gasteiger charge is 2.23. The fourth-order valence-electron chi connectivity index (χ4n) is 2.72. The topological polar surface area (TPSA) is 81.8 Å². The first kappa shape index (κ1) is 20.4. The molecule has 3 amide bonds. The van der Waals surface area contributed by atoms with Crippen LogP contribution in [-0.4, -0.2) is 72.8 Å². The fraction of sp³-hybridized carbons (Fsp3) is 0.500.